The summed E-state index contributed by atoms with van der Waals surface area (Å²) in [5, 5.41) is 21.7. The van der Waals surface area contributed by atoms with Gasteiger partial charge in [-0.15, -0.1) is 21.5 Å². The van der Waals surface area contributed by atoms with Crippen molar-refractivity contribution in [3.8, 4) is 17.3 Å². The highest BCUT2D eigenvalue weighted by Gasteiger charge is 2.27. The van der Waals surface area contributed by atoms with E-state index in [9.17, 15) is 9.90 Å². The van der Waals surface area contributed by atoms with Gasteiger partial charge in [0, 0.05) is 18.9 Å². The van der Waals surface area contributed by atoms with E-state index >= 15 is 0 Å². The van der Waals surface area contributed by atoms with Gasteiger partial charge in [0.05, 0.1) is 29.8 Å². The molecule has 0 aliphatic carbocycles. The second-order valence-electron chi connectivity index (χ2n) is 7.92. The van der Waals surface area contributed by atoms with Crippen LogP contribution in [0.25, 0.3) is 11.5 Å². The Labute approximate surface area is 201 Å². The van der Waals surface area contributed by atoms with Crippen LogP contribution in [0.15, 0.2) is 44.9 Å². The van der Waals surface area contributed by atoms with Crippen molar-refractivity contribution in [3.63, 3.8) is 0 Å². The SMILES string of the molecule is CCCCc1nc(O)c(-c2nnc(Cc3csc(C)n3)o2)c(=O)n1[C@@H](COC)c1ccccc1. The van der Waals surface area contributed by atoms with Gasteiger partial charge in [0.2, 0.25) is 11.8 Å². The minimum atomic E-state index is -0.454. The Bertz CT molecular complexity index is 1300. The Balaban J connectivity index is 1.81. The van der Waals surface area contributed by atoms with E-state index in [1.54, 1.807) is 11.7 Å². The highest BCUT2D eigenvalue weighted by molar-refractivity contribution is 7.09. The normalized spacial score (nSPS) is 12.2. The molecular formula is C24H27N5O4S. The lowest BCUT2D eigenvalue weighted by molar-refractivity contribution is 0.166. The first-order valence-electron chi connectivity index (χ1n) is 11.1. The average molecular weight is 482 g/mol. The molecular weight excluding hydrogens is 454 g/mol. The van der Waals surface area contributed by atoms with Crippen molar-refractivity contribution in [2.75, 3.05) is 13.7 Å². The summed E-state index contributed by atoms with van der Waals surface area (Å²) in [5.74, 6) is 0.294. The zero-order chi connectivity index (χ0) is 24.1. The molecule has 1 atom stereocenters. The van der Waals surface area contributed by atoms with Gasteiger partial charge >= 0.3 is 0 Å². The Morgan fingerprint density at radius 2 is 2.00 bits per heavy atom. The van der Waals surface area contributed by atoms with Crippen molar-refractivity contribution in [2.45, 2.75) is 45.6 Å². The maximum Gasteiger partial charge on any atom is 0.270 e. The largest absolute Gasteiger partial charge is 0.493 e. The molecule has 0 amide bonds. The van der Waals surface area contributed by atoms with Crippen molar-refractivity contribution in [2.24, 2.45) is 0 Å². The number of unbranched alkanes of at least 4 members (excludes halogenated alkanes) is 1. The molecule has 0 saturated heterocycles. The topological polar surface area (TPSA) is 116 Å². The van der Waals surface area contributed by atoms with E-state index in [1.807, 2.05) is 42.6 Å². The number of nitrogens with zero attached hydrogens (tertiary/aromatic N) is 5. The van der Waals surface area contributed by atoms with Gasteiger partial charge in [-0.25, -0.2) is 4.98 Å². The van der Waals surface area contributed by atoms with Crippen LogP contribution in [-0.2, 0) is 17.6 Å². The fourth-order valence-corrected chi connectivity index (χ4v) is 4.42. The quantitative estimate of drug-likeness (QED) is 0.362. The maximum absolute atomic E-state index is 13.8. The van der Waals surface area contributed by atoms with E-state index in [2.05, 4.69) is 27.1 Å². The van der Waals surface area contributed by atoms with Gasteiger partial charge in [-0.05, 0) is 18.9 Å². The number of ether oxygens (including phenoxy) is 1. The molecule has 0 saturated carbocycles. The van der Waals surface area contributed by atoms with Gasteiger partial charge < -0.3 is 14.3 Å². The van der Waals surface area contributed by atoms with Crippen LogP contribution in [0.5, 0.6) is 5.88 Å². The number of benzene rings is 1. The van der Waals surface area contributed by atoms with Gasteiger partial charge in [-0.3, -0.25) is 9.36 Å². The molecule has 4 rings (SSSR count). The zero-order valence-corrected chi connectivity index (χ0v) is 20.2. The molecule has 0 spiro atoms. The van der Waals surface area contributed by atoms with E-state index in [-0.39, 0.29) is 18.1 Å². The number of hydrogen-bond donors (Lipinski definition) is 1. The smallest absolute Gasteiger partial charge is 0.270 e. The Morgan fingerprint density at radius 1 is 1.21 bits per heavy atom. The Hall–Kier alpha value is -3.37. The first kappa shape index (κ1) is 23.8. The molecule has 0 radical (unpaired) electrons. The molecule has 0 unspecified atom stereocenters. The molecule has 0 fully saturated rings. The number of methoxy groups -OCH3 is 1. The van der Waals surface area contributed by atoms with Crippen LogP contribution in [0.3, 0.4) is 0 Å². The molecule has 4 aromatic rings. The number of aryl methyl sites for hydroxylation is 2. The summed E-state index contributed by atoms with van der Waals surface area (Å²) in [6, 6.07) is 9.18. The molecule has 178 valence electrons. The predicted molar refractivity (Wildman–Crippen MR) is 128 cm³/mol. The lowest BCUT2D eigenvalue weighted by Crippen LogP contribution is -2.33. The van der Waals surface area contributed by atoms with E-state index in [0.717, 1.165) is 29.1 Å². The van der Waals surface area contributed by atoms with Crippen LogP contribution >= 0.6 is 11.3 Å². The summed E-state index contributed by atoms with van der Waals surface area (Å²) in [4.78, 5) is 22.6. The minimum Gasteiger partial charge on any atom is -0.493 e. The summed E-state index contributed by atoms with van der Waals surface area (Å²) in [6.45, 7) is 4.24. The third-order valence-corrected chi connectivity index (χ3v) is 6.25. The molecule has 3 aromatic heterocycles. The number of thiazole rings is 1. The molecule has 10 heteroatoms. The number of rotatable bonds is 10. The van der Waals surface area contributed by atoms with E-state index in [1.165, 1.54) is 11.3 Å². The fourth-order valence-electron chi connectivity index (χ4n) is 3.81. The fraction of sp³-hybridized carbons (Fsp3) is 0.375. The van der Waals surface area contributed by atoms with Crippen LogP contribution in [0.2, 0.25) is 0 Å². The van der Waals surface area contributed by atoms with Crippen molar-refractivity contribution >= 4 is 11.3 Å². The van der Waals surface area contributed by atoms with Crippen LogP contribution in [0.1, 0.15) is 53.8 Å². The molecule has 3 heterocycles. The Morgan fingerprint density at radius 3 is 2.68 bits per heavy atom. The van der Waals surface area contributed by atoms with Gasteiger partial charge in [0.1, 0.15) is 5.82 Å². The molecule has 0 aliphatic heterocycles. The zero-order valence-electron chi connectivity index (χ0n) is 19.4. The van der Waals surface area contributed by atoms with E-state index in [4.69, 9.17) is 9.15 Å². The van der Waals surface area contributed by atoms with Crippen molar-refractivity contribution in [3.05, 3.63) is 74.0 Å². The third-order valence-electron chi connectivity index (χ3n) is 5.42. The second-order valence-corrected chi connectivity index (χ2v) is 8.98. The van der Waals surface area contributed by atoms with Crippen LogP contribution in [-0.4, -0.2) is 43.6 Å². The minimum absolute atomic E-state index is 0.0722. The van der Waals surface area contributed by atoms with Crippen LogP contribution in [0.4, 0.5) is 0 Å². The van der Waals surface area contributed by atoms with Crippen LogP contribution in [0, 0.1) is 6.92 Å². The first-order valence-corrected chi connectivity index (χ1v) is 12.0. The van der Waals surface area contributed by atoms with E-state index in [0.29, 0.717) is 24.6 Å². The molecule has 34 heavy (non-hydrogen) atoms. The lowest BCUT2D eigenvalue weighted by Gasteiger charge is -2.23. The van der Waals surface area contributed by atoms with Crippen molar-refractivity contribution in [1.82, 2.24) is 24.7 Å². The van der Waals surface area contributed by atoms with E-state index < -0.39 is 17.5 Å². The number of hydrogen-bond acceptors (Lipinski definition) is 9. The maximum atomic E-state index is 13.8. The molecule has 9 nitrogen and oxygen atoms in total. The average Bonchev–Trinajstić information content (AvgIpc) is 3.46. The number of aromatic nitrogens is 5. The molecule has 1 aromatic carbocycles. The van der Waals surface area contributed by atoms with Crippen molar-refractivity contribution < 1.29 is 14.3 Å². The summed E-state index contributed by atoms with van der Waals surface area (Å²) in [5.41, 5.74) is 1.12. The summed E-state index contributed by atoms with van der Waals surface area (Å²) in [6.07, 6.45) is 2.61. The monoisotopic (exact) mass is 481 g/mol. The summed E-state index contributed by atoms with van der Waals surface area (Å²) < 4.78 is 12.8. The van der Waals surface area contributed by atoms with Crippen molar-refractivity contribution in [1.29, 1.82) is 0 Å². The standard InChI is InChI=1S/C24H27N5O4S/c1-4-5-11-19-26-22(30)21(23-28-27-20(33-23)12-17-14-34-15(2)25-17)24(31)29(19)18(13-32-3)16-9-7-6-8-10-16/h6-10,14,18,30H,4-5,11-13H2,1-3H3/t18-/m0/s1. The predicted octanol–water partition coefficient (Wildman–Crippen LogP) is 3.93. The van der Waals surface area contributed by atoms with Gasteiger partial charge in [0.15, 0.2) is 5.56 Å². The van der Waals surface area contributed by atoms with Gasteiger partial charge in [-0.2, -0.15) is 4.98 Å². The van der Waals surface area contributed by atoms with Gasteiger partial charge in [0.25, 0.3) is 11.4 Å². The number of aromatic hydroxyl groups is 1. The third kappa shape index (κ3) is 5.07. The Kier molecular flexibility index (Phi) is 7.49. The van der Waals surface area contributed by atoms with Gasteiger partial charge in [-0.1, -0.05) is 43.7 Å². The molecule has 0 bridgehead atoms. The highest BCUT2D eigenvalue weighted by Crippen LogP contribution is 2.27. The summed E-state index contributed by atoms with van der Waals surface area (Å²) in [7, 11) is 1.59. The molecule has 1 N–H and O–H groups in total. The lowest BCUT2D eigenvalue weighted by atomic mass is 10.1. The van der Waals surface area contributed by atoms with Crippen LogP contribution < -0.4 is 5.56 Å². The first-order chi connectivity index (χ1) is 16.5. The highest BCUT2D eigenvalue weighted by atomic mass is 32.1. The summed E-state index contributed by atoms with van der Waals surface area (Å²) >= 11 is 1.53. The second kappa shape index (κ2) is 10.7. The molecule has 0 aliphatic rings.